The summed E-state index contributed by atoms with van der Waals surface area (Å²) in [6.45, 7) is 3.48. The second-order valence-electron chi connectivity index (χ2n) is 6.72. The molecule has 3 rings (SSSR count). The lowest BCUT2D eigenvalue weighted by molar-refractivity contribution is 0.0597. The first-order valence-electron chi connectivity index (χ1n) is 9.28. The first-order valence-corrected chi connectivity index (χ1v) is 9.28. The molecule has 0 saturated carbocycles. The number of ether oxygens (including phenoxy) is 2. The standard InChI is InChI=1S/C21H25FN2O4/c1-27-21(26)16-5-4-6-18(13-16)28-15-17(25)14-23-9-11-24(12-10-23)20-8-3-2-7-19(20)22/h2-8,13,17,25H,9-12,14-15H2,1H3. The zero-order chi connectivity index (χ0) is 19.9. The second kappa shape index (κ2) is 9.52. The molecule has 1 N–H and O–H groups in total. The number of anilines is 1. The van der Waals surface area contributed by atoms with Crippen LogP contribution in [0.5, 0.6) is 5.75 Å². The molecule has 28 heavy (non-hydrogen) atoms. The van der Waals surface area contributed by atoms with Crippen molar-refractivity contribution in [2.45, 2.75) is 6.10 Å². The van der Waals surface area contributed by atoms with Crippen molar-refractivity contribution in [3.8, 4) is 5.75 Å². The van der Waals surface area contributed by atoms with E-state index in [4.69, 9.17) is 4.74 Å². The van der Waals surface area contributed by atoms with Crippen LogP contribution in [0.2, 0.25) is 0 Å². The number of aliphatic hydroxyl groups is 1. The maximum atomic E-state index is 13.9. The molecule has 2 aromatic carbocycles. The predicted molar refractivity (Wildman–Crippen MR) is 104 cm³/mol. The van der Waals surface area contributed by atoms with E-state index in [-0.39, 0.29) is 12.4 Å². The van der Waals surface area contributed by atoms with E-state index in [1.54, 1.807) is 36.4 Å². The minimum Gasteiger partial charge on any atom is -0.491 e. The molecule has 1 atom stereocenters. The maximum Gasteiger partial charge on any atom is 0.337 e. The molecule has 6 nitrogen and oxygen atoms in total. The Morgan fingerprint density at radius 3 is 2.61 bits per heavy atom. The zero-order valence-corrected chi connectivity index (χ0v) is 15.9. The highest BCUT2D eigenvalue weighted by Gasteiger charge is 2.21. The van der Waals surface area contributed by atoms with Crippen LogP contribution in [0.25, 0.3) is 0 Å². The van der Waals surface area contributed by atoms with Gasteiger partial charge in [0.2, 0.25) is 0 Å². The minimum atomic E-state index is -0.665. The highest BCUT2D eigenvalue weighted by molar-refractivity contribution is 5.89. The van der Waals surface area contributed by atoms with Crippen LogP contribution in [0.3, 0.4) is 0 Å². The van der Waals surface area contributed by atoms with Crippen LogP contribution in [-0.2, 0) is 4.74 Å². The summed E-state index contributed by atoms with van der Waals surface area (Å²) in [5.41, 5.74) is 1.02. The Hall–Kier alpha value is -2.64. The lowest BCUT2D eigenvalue weighted by Gasteiger charge is -2.36. The van der Waals surface area contributed by atoms with Crippen molar-refractivity contribution in [3.05, 3.63) is 59.9 Å². The summed E-state index contributed by atoms with van der Waals surface area (Å²) >= 11 is 0. The van der Waals surface area contributed by atoms with E-state index in [1.165, 1.54) is 13.2 Å². The molecule has 0 radical (unpaired) electrons. The van der Waals surface area contributed by atoms with Crippen molar-refractivity contribution in [3.63, 3.8) is 0 Å². The Bertz CT molecular complexity index is 793. The van der Waals surface area contributed by atoms with Crippen LogP contribution in [0.15, 0.2) is 48.5 Å². The van der Waals surface area contributed by atoms with Crippen molar-refractivity contribution in [2.24, 2.45) is 0 Å². The van der Waals surface area contributed by atoms with Gasteiger partial charge in [0.25, 0.3) is 0 Å². The first-order chi connectivity index (χ1) is 13.6. The number of carbonyl (C=O) groups excluding carboxylic acids is 1. The molecule has 0 bridgehead atoms. The van der Waals surface area contributed by atoms with Gasteiger partial charge in [0.05, 0.1) is 18.4 Å². The van der Waals surface area contributed by atoms with Gasteiger partial charge in [-0.15, -0.1) is 0 Å². The quantitative estimate of drug-likeness (QED) is 0.734. The van der Waals surface area contributed by atoms with Crippen LogP contribution in [0, 0.1) is 5.82 Å². The molecule has 0 amide bonds. The molecule has 0 spiro atoms. The molecule has 150 valence electrons. The smallest absolute Gasteiger partial charge is 0.337 e. The van der Waals surface area contributed by atoms with Crippen molar-refractivity contribution < 1.29 is 23.8 Å². The van der Waals surface area contributed by atoms with Crippen LogP contribution in [-0.4, -0.2) is 68.5 Å². The van der Waals surface area contributed by atoms with Gasteiger partial charge in [-0.05, 0) is 30.3 Å². The number of carbonyl (C=O) groups is 1. The summed E-state index contributed by atoms with van der Waals surface area (Å²) in [6, 6.07) is 13.4. The lowest BCUT2D eigenvalue weighted by atomic mass is 10.2. The van der Waals surface area contributed by atoms with E-state index in [0.717, 1.165) is 13.1 Å². The van der Waals surface area contributed by atoms with Crippen molar-refractivity contribution >= 4 is 11.7 Å². The SMILES string of the molecule is COC(=O)c1cccc(OCC(O)CN2CCN(c3ccccc3F)CC2)c1. The number of halogens is 1. The van der Waals surface area contributed by atoms with E-state index in [9.17, 15) is 14.3 Å². The number of methoxy groups -OCH3 is 1. The lowest BCUT2D eigenvalue weighted by Crippen LogP contribution is -2.49. The maximum absolute atomic E-state index is 13.9. The van der Waals surface area contributed by atoms with E-state index in [1.807, 2.05) is 11.0 Å². The summed E-state index contributed by atoms with van der Waals surface area (Å²) < 4.78 is 24.2. The zero-order valence-electron chi connectivity index (χ0n) is 15.9. The fraction of sp³-hybridized carbons (Fsp3) is 0.381. The fourth-order valence-electron chi connectivity index (χ4n) is 3.25. The average molecular weight is 388 g/mol. The fourth-order valence-corrected chi connectivity index (χ4v) is 3.25. The van der Waals surface area contributed by atoms with E-state index in [0.29, 0.717) is 36.6 Å². The normalized spacial score (nSPS) is 15.9. The van der Waals surface area contributed by atoms with Gasteiger partial charge in [-0.2, -0.15) is 0 Å². The van der Waals surface area contributed by atoms with Gasteiger partial charge in [-0.3, -0.25) is 4.90 Å². The van der Waals surface area contributed by atoms with Crippen molar-refractivity contribution in [1.29, 1.82) is 0 Å². The third kappa shape index (κ3) is 5.21. The first kappa shape index (κ1) is 20.1. The molecule has 1 aliphatic rings. The van der Waals surface area contributed by atoms with Gasteiger partial charge in [-0.25, -0.2) is 9.18 Å². The molecule has 1 heterocycles. The predicted octanol–water partition coefficient (Wildman–Crippen LogP) is 2.17. The largest absolute Gasteiger partial charge is 0.491 e. The number of esters is 1. The van der Waals surface area contributed by atoms with E-state index < -0.39 is 12.1 Å². The number of hydrogen-bond donors (Lipinski definition) is 1. The number of para-hydroxylation sites is 1. The van der Waals surface area contributed by atoms with Crippen LogP contribution in [0.4, 0.5) is 10.1 Å². The summed E-state index contributed by atoms with van der Waals surface area (Å²) in [5.74, 6) is -0.136. The monoisotopic (exact) mass is 388 g/mol. The number of rotatable bonds is 7. The van der Waals surface area contributed by atoms with Gasteiger partial charge >= 0.3 is 5.97 Å². The highest BCUT2D eigenvalue weighted by atomic mass is 19.1. The third-order valence-corrected chi connectivity index (χ3v) is 4.73. The van der Waals surface area contributed by atoms with Crippen molar-refractivity contribution in [2.75, 3.05) is 51.3 Å². The molecule has 0 aliphatic carbocycles. The van der Waals surface area contributed by atoms with Gasteiger partial charge in [-0.1, -0.05) is 18.2 Å². The molecule has 1 fully saturated rings. The summed E-state index contributed by atoms with van der Waals surface area (Å²) in [5, 5.41) is 10.3. The molecule has 1 saturated heterocycles. The van der Waals surface area contributed by atoms with E-state index >= 15 is 0 Å². The Balaban J connectivity index is 1.44. The number of hydrogen-bond acceptors (Lipinski definition) is 6. The topological polar surface area (TPSA) is 62.2 Å². The minimum absolute atomic E-state index is 0.123. The van der Waals surface area contributed by atoms with Crippen LogP contribution >= 0.6 is 0 Å². The third-order valence-electron chi connectivity index (χ3n) is 4.73. The number of nitrogens with zero attached hydrogens (tertiary/aromatic N) is 2. The molecule has 1 unspecified atom stereocenters. The molecular formula is C21H25FN2O4. The van der Waals surface area contributed by atoms with Gasteiger partial charge in [0.15, 0.2) is 0 Å². The number of β-amino-alcohol motifs (C(OH)–C–C–N with tert-alkyl or cyclic N) is 1. The van der Waals surface area contributed by atoms with Gasteiger partial charge < -0.3 is 19.5 Å². The Kier molecular flexibility index (Phi) is 6.84. The summed E-state index contributed by atoms with van der Waals surface area (Å²) in [7, 11) is 1.32. The molecule has 7 heteroatoms. The van der Waals surface area contributed by atoms with E-state index in [2.05, 4.69) is 9.64 Å². The Morgan fingerprint density at radius 1 is 1.14 bits per heavy atom. The number of aliphatic hydroxyl groups excluding tert-OH is 1. The van der Waals surface area contributed by atoms with Gasteiger partial charge in [0.1, 0.15) is 24.3 Å². The molecule has 2 aromatic rings. The summed E-state index contributed by atoms with van der Waals surface area (Å²) in [6.07, 6.45) is -0.665. The molecule has 0 aromatic heterocycles. The van der Waals surface area contributed by atoms with Gasteiger partial charge in [0, 0.05) is 32.7 Å². The highest BCUT2D eigenvalue weighted by Crippen LogP contribution is 2.20. The molecular weight excluding hydrogens is 363 g/mol. The Labute approximate surface area is 164 Å². The molecule has 1 aliphatic heterocycles. The van der Waals surface area contributed by atoms with Crippen LogP contribution < -0.4 is 9.64 Å². The average Bonchev–Trinajstić information content (AvgIpc) is 2.73. The second-order valence-corrected chi connectivity index (χ2v) is 6.72. The summed E-state index contributed by atoms with van der Waals surface area (Å²) in [4.78, 5) is 15.7. The Morgan fingerprint density at radius 2 is 1.89 bits per heavy atom. The van der Waals surface area contributed by atoms with Crippen LogP contribution in [0.1, 0.15) is 10.4 Å². The number of benzene rings is 2. The number of piperazine rings is 1. The van der Waals surface area contributed by atoms with Crippen molar-refractivity contribution in [1.82, 2.24) is 4.90 Å².